The first-order valence-corrected chi connectivity index (χ1v) is 10.7. The van der Waals surface area contributed by atoms with E-state index in [1.54, 1.807) is 19.3 Å². The fourth-order valence-corrected chi connectivity index (χ4v) is 3.87. The van der Waals surface area contributed by atoms with Crippen LogP contribution >= 0.6 is 15.9 Å². The molecule has 1 amide bonds. The minimum atomic E-state index is -3.93. The van der Waals surface area contributed by atoms with Gasteiger partial charge in [0.2, 0.25) is 10.0 Å². The molecule has 3 aromatic rings. The maximum absolute atomic E-state index is 13.3. The molecule has 1 unspecified atom stereocenters. The molecule has 0 aliphatic heterocycles. The van der Waals surface area contributed by atoms with Gasteiger partial charge >= 0.3 is 0 Å². The lowest BCUT2D eigenvalue weighted by molar-refractivity contribution is 0.0751. The summed E-state index contributed by atoms with van der Waals surface area (Å²) < 4.78 is 23.9. The average molecular weight is 460 g/mol. The minimum Gasteiger partial charge on any atom is -0.329 e. The number of hydrogen-bond acceptors (Lipinski definition) is 4. The van der Waals surface area contributed by atoms with Crippen molar-refractivity contribution in [2.45, 2.75) is 10.9 Å². The molecule has 2 N–H and O–H groups in total. The zero-order valence-corrected chi connectivity index (χ0v) is 17.4. The summed E-state index contributed by atoms with van der Waals surface area (Å²) in [5, 5.41) is 5.22. The van der Waals surface area contributed by atoms with E-state index in [1.807, 2.05) is 42.5 Å². The van der Waals surface area contributed by atoms with Crippen LogP contribution in [0.2, 0.25) is 0 Å². The van der Waals surface area contributed by atoms with E-state index in [1.165, 1.54) is 23.1 Å². The molecule has 0 aliphatic carbocycles. The van der Waals surface area contributed by atoms with Gasteiger partial charge in [-0.2, -0.15) is 0 Å². The van der Waals surface area contributed by atoms with Crippen molar-refractivity contribution in [2.24, 2.45) is 5.14 Å². The molecule has 0 saturated heterocycles. The lowest BCUT2D eigenvalue weighted by Gasteiger charge is -2.29. The normalized spacial score (nSPS) is 12.4. The predicted molar refractivity (Wildman–Crippen MR) is 110 cm³/mol. The highest BCUT2D eigenvalue weighted by Gasteiger charge is 2.27. The Bertz CT molecular complexity index is 1050. The van der Waals surface area contributed by atoms with Crippen LogP contribution in [-0.4, -0.2) is 31.3 Å². The number of rotatable bonds is 5. The zero-order chi connectivity index (χ0) is 20.3. The smallest absolute Gasteiger partial charge is 0.255 e. The third-order valence-corrected chi connectivity index (χ3v) is 5.89. The number of nitrogens with two attached hydrogens (primary N) is 1. The summed E-state index contributed by atoms with van der Waals surface area (Å²) in [6.45, 7) is 0. The molecule has 144 valence electrons. The third kappa shape index (κ3) is 4.30. The van der Waals surface area contributed by atoms with Gasteiger partial charge in [0.25, 0.3) is 5.91 Å². The fourth-order valence-electron chi connectivity index (χ4n) is 2.92. The van der Waals surface area contributed by atoms with E-state index >= 15 is 0 Å². The number of carbonyl (C=O) groups is 1. The molecular weight excluding hydrogens is 442 g/mol. The fraction of sp³-hybridized carbons (Fsp3) is 0.100. The van der Waals surface area contributed by atoms with E-state index in [4.69, 9.17) is 5.14 Å². The van der Waals surface area contributed by atoms with Crippen LogP contribution in [0, 0.1) is 0 Å². The monoisotopic (exact) mass is 459 g/mol. The van der Waals surface area contributed by atoms with Crippen LogP contribution in [0.1, 0.15) is 27.7 Å². The first-order chi connectivity index (χ1) is 13.3. The van der Waals surface area contributed by atoms with E-state index in [0.717, 1.165) is 5.56 Å². The SMILES string of the molecule is CN(C(=O)c1cc(S(N)(=O)=O)ccc1Br)C(c1ccccc1)c1ccccn1. The number of pyridine rings is 1. The van der Waals surface area contributed by atoms with E-state index in [9.17, 15) is 13.2 Å². The largest absolute Gasteiger partial charge is 0.329 e. The van der Waals surface area contributed by atoms with Crippen molar-refractivity contribution in [1.29, 1.82) is 0 Å². The first-order valence-electron chi connectivity index (χ1n) is 8.34. The standard InChI is InChI=1S/C20H18BrN3O3S/c1-24(20(25)16-13-15(28(22,26)27)10-11-17(16)21)19(14-7-3-2-4-8-14)18-9-5-6-12-23-18/h2-13,19H,1H3,(H2,22,26,27). The molecule has 1 atom stereocenters. The Labute approximate surface area is 172 Å². The van der Waals surface area contributed by atoms with Crippen molar-refractivity contribution in [2.75, 3.05) is 7.05 Å². The minimum absolute atomic E-state index is 0.124. The van der Waals surface area contributed by atoms with Crippen LogP contribution < -0.4 is 5.14 Å². The number of primary sulfonamides is 1. The van der Waals surface area contributed by atoms with Gasteiger partial charge in [0.15, 0.2) is 0 Å². The van der Waals surface area contributed by atoms with Gasteiger partial charge in [0.1, 0.15) is 0 Å². The number of halogens is 1. The molecule has 0 aliphatic rings. The molecule has 0 radical (unpaired) electrons. The van der Waals surface area contributed by atoms with Gasteiger partial charge in [-0.1, -0.05) is 36.4 Å². The Morgan fingerprint density at radius 3 is 2.36 bits per heavy atom. The highest BCUT2D eigenvalue weighted by Crippen LogP contribution is 2.29. The van der Waals surface area contributed by atoms with Crippen LogP contribution in [0.25, 0.3) is 0 Å². The summed E-state index contributed by atoms with van der Waals surface area (Å²) in [7, 11) is -2.27. The van der Waals surface area contributed by atoms with Gasteiger partial charge in [0, 0.05) is 17.7 Å². The van der Waals surface area contributed by atoms with Crippen molar-refractivity contribution >= 4 is 31.9 Å². The Kier molecular flexibility index (Phi) is 5.93. The number of nitrogens with zero attached hydrogens (tertiary/aromatic N) is 2. The summed E-state index contributed by atoms with van der Waals surface area (Å²) in [5.74, 6) is -0.364. The van der Waals surface area contributed by atoms with Gasteiger partial charge in [0.05, 0.1) is 22.2 Å². The molecule has 0 saturated carbocycles. The van der Waals surface area contributed by atoms with Crippen LogP contribution in [-0.2, 0) is 10.0 Å². The average Bonchev–Trinajstić information content (AvgIpc) is 2.68. The quantitative estimate of drug-likeness (QED) is 0.632. The van der Waals surface area contributed by atoms with Gasteiger partial charge < -0.3 is 4.90 Å². The molecule has 8 heteroatoms. The second kappa shape index (κ2) is 8.22. The second-order valence-corrected chi connectivity index (χ2v) is 8.59. The molecule has 0 spiro atoms. The Morgan fingerprint density at radius 1 is 1.07 bits per heavy atom. The number of benzene rings is 2. The van der Waals surface area contributed by atoms with Crippen LogP contribution in [0.15, 0.2) is 82.3 Å². The predicted octanol–water partition coefficient (Wildman–Crippen LogP) is 3.35. The number of sulfonamides is 1. The zero-order valence-electron chi connectivity index (χ0n) is 15.0. The maximum atomic E-state index is 13.3. The maximum Gasteiger partial charge on any atom is 0.255 e. The number of aromatic nitrogens is 1. The van der Waals surface area contributed by atoms with Crippen molar-refractivity contribution in [3.05, 3.63) is 94.2 Å². The van der Waals surface area contributed by atoms with Crippen molar-refractivity contribution in [3.8, 4) is 0 Å². The van der Waals surface area contributed by atoms with Crippen molar-refractivity contribution < 1.29 is 13.2 Å². The van der Waals surface area contributed by atoms with Crippen molar-refractivity contribution in [3.63, 3.8) is 0 Å². The lowest BCUT2D eigenvalue weighted by Crippen LogP contribution is -2.33. The van der Waals surface area contributed by atoms with Crippen LogP contribution in [0.3, 0.4) is 0 Å². The number of carbonyl (C=O) groups excluding carboxylic acids is 1. The molecule has 0 fully saturated rings. The molecule has 28 heavy (non-hydrogen) atoms. The summed E-state index contributed by atoms with van der Waals surface area (Å²) in [4.78, 5) is 19.1. The van der Waals surface area contributed by atoms with E-state index < -0.39 is 16.1 Å². The molecule has 1 aromatic heterocycles. The van der Waals surface area contributed by atoms with E-state index in [-0.39, 0.29) is 16.4 Å². The van der Waals surface area contributed by atoms with Gasteiger partial charge in [-0.25, -0.2) is 13.6 Å². The third-order valence-electron chi connectivity index (χ3n) is 4.29. The van der Waals surface area contributed by atoms with E-state index in [0.29, 0.717) is 10.2 Å². The van der Waals surface area contributed by atoms with Gasteiger partial charge in [-0.15, -0.1) is 0 Å². The molecule has 1 heterocycles. The number of hydrogen-bond donors (Lipinski definition) is 1. The topological polar surface area (TPSA) is 93.4 Å². The molecule has 2 aromatic carbocycles. The van der Waals surface area contributed by atoms with Gasteiger partial charge in [-0.3, -0.25) is 9.78 Å². The Morgan fingerprint density at radius 2 is 1.75 bits per heavy atom. The summed E-state index contributed by atoms with van der Waals surface area (Å²) in [5.41, 5.74) is 1.78. The van der Waals surface area contributed by atoms with Gasteiger partial charge in [-0.05, 0) is 51.8 Å². The first kappa shape index (κ1) is 20.2. The molecule has 3 rings (SSSR count). The summed E-state index contributed by atoms with van der Waals surface area (Å²) in [6.07, 6.45) is 1.67. The van der Waals surface area contributed by atoms with Crippen LogP contribution in [0.4, 0.5) is 0 Å². The van der Waals surface area contributed by atoms with E-state index in [2.05, 4.69) is 20.9 Å². The van der Waals surface area contributed by atoms with Crippen molar-refractivity contribution in [1.82, 2.24) is 9.88 Å². The molecule has 0 bridgehead atoms. The van der Waals surface area contributed by atoms with Crippen LogP contribution in [0.5, 0.6) is 0 Å². The number of amides is 1. The molecular formula is C20H18BrN3O3S. The molecule has 6 nitrogen and oxygen atoms in total. The highest BCUT2D eigenvalue weighted by molar-refractivity contribution is 9.10. The highest BCUT2D eigenvalue weighted by atomic mass is 79.9. The second-order valence-electron chi connectivity index (χ2n) is 6.17. The Hall–Kier alpha value is -2.55. The summed E-state index contributed by atoms with van der Waals surface area (Å²) >= 11 is 3.33. The Balaban J connectivity index is 2.07. The summed E-state index contributed by atoms with van der Waals surface area (Å²) in [6, 6.07) is 18.7. The lowest BCUT2D eigenvalue weighted by atomic mass is 10.0.